The lowest BCUT2D eigenvalue weighted by molar-refractivity contribution is 0.660. The Bertz CT molecular complexity index is 9120. The van der Waals surface area contributed by atoms with E-state index in [1.54, 1.807) is 0 Å². The molecule has 0 bridgehead atoms. The monoisotopic (exact) mass is 1670 g/mol. The number of fused-ring (bicyclic) bond motifs is 21. The number of hydrogen-bond acceptors (Lipinski definition) is 2. The van der Waals surface area contributed by atoms with Crippen LogP contribution in [0.5, 0.6) is 0 Å². The lowest BCUT2D eigenvalue weighted by Gasteiger charge is -2.21. The summed E-state index contributed by atoms with van der Waals surface area (Å²) in [7, 11) is 0. The predicted octanol–water partition coefficient (Wildman–Crippen LogP) is 33.0. The van der Waals surface area contributed by atoms with Gasteiger partial charge in [-0.25, -0.2) is 0 Å². The number of para-hydroxylation sites is 7. The minimum atomic E-state index is 0.0257. The topological polar surface area (TPSA) is 61.6 Å². The Morgan fingerprint density at radius 1 is 0.191 bits per heavy atom. The first-order chi connectivity index (χ1) is 64.7. The molecule has 0 radical (unpaired) electrons. The van der Waals surface area contributed by atoms with E-state index in [2.05, 4.69) is 473 Å². The van der Waals surface area contributed by atoms with Gasteiger partial charge in [0.15, 0.2) is 0 Å². The van der Waals surface area contributed by atoms with Crippen LogP contribution in [-0.2, 0) is 5.41 Å². The maximum absolute atomic E-state index is 9.55. The van der Waals surface area contributed by atoms with Crippen molar-refractivity contribution < 1.29 is 4.42 Å². The van der Waals surface area contributed by atoms with Crippen molar-refractivity contribution in [2.45, 2.75) is 19.3 Å². The molecule has 0 fully saturated rings. The lowest BCUT2D eigenvalue weighted by Crippen LogP contribution is -2.14. The molecule has 20 aromatic carbocycles. The van der Waals surface area contributed by atoms with Crippen molar-refractivity contribution in [3.8, 4) is 101 Å². The van der Waals surface area contributed by atoms with Crippen molar-refractivity contribution in [3.05, 3.63) is 478 Å². The first kappa shape index (κ1) is 76.2. The van der Waals surface area contributed by atoms with Gasteiger partial charge in [-0.2, -0.15) is 5.26 Å². The van der Waals surface area contributed by atoms with Gasteiger partial charge in [0.2, 0.25) is 0 Å². The van der Waals surface area contributed by atoms with Crippen LogP contribution in [0, 0.1) is 11.3 Å². The van der Waals surface area contributed by atoms with Crippen molar-refractivity contribution >= 4 is 131 Å². The highest BCUT2D eigenvalue weighted by Crippen LogP contribution is 2.51. The second-order valence-electron chi connectivity index (χ2n) is 35.0. The summed E-state index contributed by atoms with van der Waals surface area (Å²) in [4.78, 5) is 0. The van der Waals surface area contributed by atoms with E-state index in [4.69, 9.17) is 4.42 Å². The first-order valence-electron chi connectivity index (χ1n) is 44.9. The van der Waals surface area contributed by atoms with Gasteiger partial charge in [0.05, 0.1) is 66.8 Å². The standard InChI is InChI=1S/C43H27N3.C42H26N2O.C39H29N/c44-28-29-9-8-12-35(25-29)46-41-16-7-5-14-37(41)39-27-33(20-24-43(39)46)32-19-23-42-38(26-32)36-13-4-6-15-40(36)45(42)34-21-17-31(18-22-34)30-10-2-1-3-11-30;1-2-10-29(11-3-1)43-37-15-7-4-12-31(37)34-24-27(18-21-39(34)43)28-19-22-40-35(25-28)32-13-5-8-16-38(32)44(40)30-20-23-42-36(26-30)33-14-6-9-17-41(33)45-42;1-39(2)35-14-8-6-12-31(35)33-24-28(18-22-36(33)39)29-19-23-38-34(25-29)32-13-7-9-15-37(32)40(38)30-20-16-27(17-21-30)26-10-4-3-5-11-26/h1-27H;1-26H;3-25H,1-2H3. The predicted molar refractivity (Wildman–Crippen MR) is 548 cm³/mol. The largest absolute Gasteiger partial charge is 0.456 e. The summed E-state index contributed by atoms with van der Waals surface area (Å²) < 4.78 is 17.9. The molecule has 0 aliphatic heterocycles. The number of rotatable bonds is 10. The van der Waals surface area contributed by atoms with E-state index in [0.717, 1.165) is 50.0 Å². The van der Waals surface area contributed by atoms with Gasteiger partial charge in [-0.15, -0.1) is 0 Å². The number of benzene rings is 20. The van der Waals surface area contributed by atoms with E-state index in [-0.39, 0.29) is 5.41 Å². The zero-order valence-electron chi connectivity index (χ0n) is 72.0. The second kappa shape index (κ2) is 30.8. The normalized spacial score (nSPS) is 12.3. The van der Waals surface area contributed by atoms with Crippen LogP contribution in [0.1, 0.15) is 30.5 Å². The molecule has 26 aromatic rings. The fraction of sp³-hybridized carbons (Fsp3) is 0.0242. The van der Waals surface area contributed by atoms with Crippen LogP contribution in [0.25, 0.3) is 226 Å². The molecule has 0 N–H and O–H groups in total. The molecule has 131 heavy (non-hydrogen) atoms. The number of nitriles is 1. The Morgan fingerprint density at radius 2 is 0.481 bits per heavy atom. The zero-order chi connectivity index (χ0) is 86.9. The van der Waals surface area contributed by atoms with Crippen molar-refractivity contribution in [2.75, 3.05) is 0 Å². The summed E-state index contributed by atoms with van der Waals surface area (Å²) in [6.45, 7) is 4.68. The summed E-state index contributed by atoms with van der Waals surface area (Å²) in [5.74, 6) is 0. The number of aromatic nitrogens is 5. The quantitative estimate of drug-likeness (QED) is 0.137. The maximum Gasteiger partial charge on any atom is 0.135 e. The lowest BCUT2D eigenvalue weighted by atomic mass is 9.82. The van der Waals surface area contributed by atoms with Gasteiger partial charge >= 0.3 is 0 Å². The Labute approximate surface area is 756 Å². The highest BCUT2D eigenvalue weighted by Gasteiger charge is 2.35. The van der Waals surface area contributed by atoms with E-state index in [9.17, 15) is 5.26 Å². The Morgan fingerprint density at radius 3 is 0.908 bits per heavy atom. The van der Waals surface area contributed by atoms with Crippen LogP contribution < -0.4 is 0 Å². The summed E-state index contributed by atoms with van der Waals surface area (Å²) in [5, 5.41) is 24.2. The average Bonchev–Trinajstić information content (AvgIpc) is 1.58. The van der Waals surface area contributed by atoms with Crippen LogP contribution in [0.4, 0.5) is 0 Å². The smallest absolute Gasteiger partial charge is 0.135 e. The molecule has 7 nitrogen and oxygen atoms in total. The van der Waals surface area contributed by atoms with Crippen LogP contribution in [-0.4, -0.2) is 22.8 Å². The van der Waals surface area contributed by atoms with E-state index in [1.807, 2.05) is 30.3 Å². The van der Waals surface area contributed by atoms with Crippen molar-refractivity contribution in [3.63, 3.8) is 0 Å². The SMILES string of the molecule is CC1(C)c2ccccc2-c2cc(-c3ccc4c(c3)c3ccccc3n4-c3ccc(-c4ccccc4)cc3)ccc21.N#Cc1cccc(-n2c3ccccc3c3cc(-c4ccc5c(c4)c4ccccc4n5-c4ccc(-c5ccccc5)cc4)ccc32)c1.c1ccc(-n2c3ccccc3c3cc(-c4ccc5c(c4)c4ccccc4n5-c4ccc5oc6ccccc6c5c4)ccc32)cc1. The minimum absolute atomic E-state index is 0.0257. The van der Waals surface area contributed by atoms with E-state index < -0.39 is 0 Å². The molecule has 6 heterocycles. The van der Waals surface area contributed by atoms with Crippen LogP contribution in [0.3, 0.4) is 0 Å². The highest BCUT2D eigenvalue weighted by atomic mass is 16.3. The molecule has 27 rings (SSSR count). The van der Waals surface area contributed by atoms with E-state index in [0.29, 0.717) is 5.56 Å². The van der Waals surface area contributed by atoms with E-state index >= 15 is 0 Å². The Balaban J connectivity index is 0.000000106. The molecule has 1 aliphatic rings. The first-order valence-corrected chi connectivity index (χ1v) is 44.9. The third-order valence-corrected chi connectivity index (χ3v) is 27.3. The zero-order valence-corrected chi connectivity index (χ0v) is 72.0. The molecule has 0 saturated heterocycles. The second-order valence-corrected chi connectivity index (χ2v) is 35.0. The number of hydrogen-bond donors (Lipinski definition) is 0. The van der Waals surface area contributed by atoms with Crippen molar-refractivity contribution in [2.24, 2.45) is 0 Å². The fourth-order valence-electron chi connectivity index (χ4n) is 21.1. The molecule has 0 unspecified atom stereocenters. The molecule has 7 heteroatoms. The highest BCUT2D eigenvalue weighted by molar-refractivity contribution is 6.17. The van der Waals surface area contributed by atoms with E-state index in [1.165, 1.54) is 187 Å². The fourth-order valence-corrected chi connectivity index (χ4v) is 21.1. The van der Waals surface area contributed by atoms with Gasteiger partial charge in [-0.05, 0) is 254 Å². The molecule has 614 valence electrons. The van der Waals surface area contributed by atoms with Crippen molar-refractivity contribution in [1.29, 1.82) is 5.26 Å². The molecular formula is C124H82N6O. The summed E-state index contributed by atoms with van der Waals surface area (Å²) >= 11 is 0. The van der Waals surface area contributed by atoms with Gasteiger partial charge < -0.3 is 27.3 Å². The van der Waals surface area contributed by atoms with Crippen molar-refractivity contribution in [1.82, 2.24) is 22.8 Å². The summed E-state index contributed by atoms with van der Waals surface area (Å²) in [6.07, 6.45) is 0. The van der Waals surface area contributed by atoms with Gasteiger partial charge in [0.1, 0.15) is 11.2 Å². The van der Waals surface area contributed by atoms with Gasteiger partial charge in [0, 0.05) is 98.5 Å². The minimum Gasteiger partial charge on any atom is -0.456 e. The molecular weight excluding hydrogens is 1590 g/mol. The summed E-state index contributed by atoms with van der Waals surface area (Å²) in [5.41, 5.74) is 37.7. The summed E-state index contributed by atoms with van der Waals surface area (Å²) in [6, 6.07) is 168. The molecule has 6 aromatic heterocycles. The molecule has 0 spiro atoms. The molecule has 1 aliphatic carbocycles. The number of furan rings is 1. The van der Waals surface area contributed by atoms with Crippen LogP contribution in [0.15, 0.2) is 465 Å². The molecule has 0 saturated carbocycles. The Kier molecular flexibility index (Phi) is 17.9. The van der Waals surface area contributed by atoms with Gasteiger partial charge in [-0.1, -0.05) is 299 Å². The van der Waals surface area contributed by atoms with Crippen LogP contribution >= 0.6 is 0 Å². The Hall–Kier alpha value is -17.3. The van der Waals surface area contributed by atoms with Crippen LogP contribution in [0.2, 0.25) is 0 Å². The molecule has 0 atom stereocenters. The van der Waals surface area contributed by atoms with Gasteiger partial charge in [-0.3, -0.25) is 0 Å². The molecule has 0 amide bonds. The third-order valence-electron chi connectivity index (χ3n) is 27.3. The average molecular weight is 1670 g/mol. The van der Waals surface area contributed by atoms with Gasteiger partial charge in [0.25, 0.3) is 0 Å². The maximum atomic E-state index is 9.55. The third kappa shape index (κ3) is 12.6. The number of nitrogens with zero attached hydrogens (tertiary/aromatic N) is 6.